The van der Waals surface area contributed by atoms with Crippen molar-refractivity contribution in [3.05, 3.63) is 64.2 Å². The minimum Gasteiger partial charge on any atom is -0.398 e. The van der Waals surface area contributed by atoms with Crippen molar-refractivity contribution in [2.75, 3.05) is 5.73 Å². The van der Waals surface area contributed by atoms with Crippen molar-refractivity contribution in [3.8, 4) is 0 Å². The highest BCUT2D eigenvalue weighted by atomic mass is 35.5. The minimum absolute atomic E-state index is 0.0238. The van der Waals surface area contributed by atoms with Crippen LogP contribution < -0.4 is 5.73 Å². The number of rotatable bonds is 3. The molecule has 0 unspecified atom stereocenters. The molecule has 2 aromatic carbocycles. The highest BCUT2D eigenvalue weighted by Crippen LogP contribution is 2.29. The van der Waals surface area contributed by atoms with Gasteiger partial charge in [0.15, 0.2) is 5.78 Å². The van der Waals surface area contributed by atoms with Gasteiger partial charge in [-0.25, -0.2) is 0 Å². The van der Waals surface area contributed by atoms with E-state index in [1.807, 2.05) is 0 Å². The first kappa shape index (κ1) is 15.4. The average molecular weight is 314 g/mol. The Morgan fingerprint density at radius 1 is 1.10 bits per heavy atom. The van der Waals surface area contributed by atoms with Gasteiger partial charge in [0.05, 0.1) is 5.56 Å². The highest BCUT2D eigenvalue weighted by molar-refractivity contribution is 6.31. The number of carbonyl (C=O) groups excluding carboxylic acids is 1. The standard InChI is InChI=1S/C15H11ClF3NO/c16-11-5-6-12(13(20)8-11)14(21)7-9-1-3-10(4-2-9)15(17,18)19/h1-6,8H,7,20H2. The van der Waals surface area contributed by atoms with Crippen molar-refractivity contribution in [2.24, 2.45) is 0 Å². The van der Waals surface area contributed by atoms with Crippen LogP contribution >= 0.6 is 11.6 Å². The number of anilines is 1. The van der Waals surface area contributed by atoms with Crippen molar-refractivity contribution in [1.82, 2.24) is 0 Å². The monoisotopic (exact) mass is 313 g/mol. The lowest BCUT2D eigenvalue weighted by Gasteiger charge is -2.08. The maximum absolute atomic E-state index is 12.4. The third kappa shape index (κ3) is 3.76. The van der Waals surface area contributed by atoms with Gasteiger partial charge in [-0.3, -0.25) is 4.79 Å². The van der Waals surface area contributed by atoms with Crippen molar-refractivity contribution in [1.29, 1.82) is 0 Å². The van der Waals surface area contributed by atoms with E-state index in [2.05, 4.69) is 0 Å². The van der Waals surface area contributed by atoms with Crippen LogP contribution in [-0.2, 0) is 12.6 Å². The lowest BCUT2D eigenvalue weighted by Crippen LogP contribution is -2.08. The first-order valence-electron chi connectivity index (χ1n) is 6.02. The predicted molar refractivity (Wildman–Crippen MR) is 75.3 cm³/mol. The summed E-state index contributed by atoms with van der Waals surface area (Å²) >= 11 is 5.74. The van der Waals surface area contributed by atoms with Crippen LogP contribution in [0.2, 0.25) is 5.02 Å². The Morgan fingerprint density at radius 3 is 2.24 bits per heavy atom. The zero-order valence-electron chi connectivity index (χ0n) is 10.7. The van der Waals surface area contributed by atoms with Gasteiger partial charge in [-0.05, 0) is 35.9 Å². The minimum atomic E-state index is -4.39. The molecule has 110 valence electrons. The van der Waals surface area contributed by atoms with E-state index in [0.717, 1.165) is 12.1 Å². The Labute approximate surface area is 124 Å². The van der Waals surface area contributed by atoms with Crippen LogP contribution in [0.4, 0.5) is 18.9 Å². The van der Waals surface area contributed by atoms with Gasteiger partial charge in [0.25, 0.3) is 0 Å². The molecule has 0 atom stereocenters. The second-order valence-corrected chi connectivity index (χ2v) is 4.96. The fourth-order valence-electron chi connectivity index (χ4n) is 1.88. The van der Waals surface area contributed by atoms with Crippen LogP contribution in [0.25, 0.3) is 0 Å². The first-order valence-corrected chi connectivity index (χ1v) is 6.39. The molecule has 0 amide bonds. The number of alkyl halides is 3. The maximum Gasteiger partial charge on any atom is 0.416 e. The molecule has 0 aliphatic rings. The van der Waals surface area contributed by atoms with Crippen molar-refractivity contribution < 1.29 is 18.0 Å². The van der Waals surface area contributed by atoms with Gasteiger partial charge in [0, 0.05) is 22.7 Å². The summed E-state index contributed by atoms with van der Waals surface area (Å²) in [6, 6.07) is 8.98. The number of nitrogens with two attached hydrogens (primary N) is 1. The lowest BCUT2D eigenvalue weighted by molar-refractivity contribution is -0.137. The maximum atomic E-state index is 12.4. The summed E-state index contributed by atoms with van der Waals surface area (Å²) in [6.45, 7) is 0. The van der Waals surface area contributed by atoms with Crippen LogP contribution in [0, 0.1) is 0 Å². The second kappa shape index (κ2) is 5.77. The number of carbonyl (C=O) groups is 1. The fraction of sp³-hybridized carbons (Fsp3) is 0.133. The Morgan fingerprint density at radius 2 is 1.71 bits per heavy atom. The van der Waals surface area contributed by atoms with E-state index in [4.69, 9.17) is 17.3 Å². The first-order chi connectivity index (χ1) is 9.77. The molecule has 0 bridgehead atoms. The summed E-state index contributed by atoms with van der Waals surface area (Å²) in [7, 11) is 0. The molecule has 21 heavy (non-hydrogen) atoms. The third-order valence-electron chi connectivity index (χ3n) is 2.96. The van der Waals surface area contributed by atoms with Crippen LogP contribution in [0.15, 0.2) is 42.5 Å². The van der Waals surface area contributed by atoms with E-state index >= 15 is 0 Å². The summed E-state index contributed by atoms with van der Waals surface area (Å²) in [5.74, 6) is -0.274. The Kier molecular flexibility index (Phi) is 4.23. The van der Waals surface area contributed by atoms with Crippen molar-refractivity contribution in [2.45, 2.75) is 12.6 Å². The Balaban J connectivity index is 2.16. The van der Waals surface area contributed by atoms with Crippen LogP contribution in [0.5, 0.6) is 0 Å². The van der Waals surface area contributed by atoms with E-state index in [0.29, 0.717) is 16.1 Å². The molecular formula is C15H11ClF3NO. The Hall–Kier alpha value is -2.01. The van der Waals surface area contributed by atoms with Gasteiger partial charge in [0.2, 0.25) is 0 Å². The quantitative estimate of drug-likeness (QED) is 0.675. The predicted octanol–water partition coefficient (Wildman–Crippen LogP) is 4.37. The molecule has 2 rings (SSSR count). The third-order valence-corrected chi connectivity index (χ3v) is 3.20. The Bertz CT molecular complexity index is 666. The number of halogens is 4. The molecule has 6 heteroatoms. The van der Waals surface area contributed by atoms with E-state index in [1.54, 1.807) is 0 Å². The molecule has 0 fully saturated rings. The average Bonchev–Trinajstić information content (AvgIpc) is 2.38. The molecule has 0 heterocycles. The van der Waals surface area contributed by atoms with E-state index < -0.39 is 11.7 Å². The van der Waals surface area contributed by atoms with Gasteiger partial charge in [-0.1, -0.05) is 23.7 Å². The smallest absolute Gasteiger partial charge is 0.398 e. The van der Waals surface area contributed by atoms with Crippen molar-refractivity contribution >= 4 is 23.1 Å². The van der Waals surface area contributed by atoms with Gasteiger partial charge >= 0.3 is 6.18 Å². The summed E-state index contributed by atoms with van der Waals surface area (Å²) in [5.41, 5.74) is 6.00. The topological polar surface area (TPSA) is 43.1 Å². The fourth-order valence-corrected chi connectivity index (χ4v) is 2.06. The van der Waals surface area contributed by atoms with Crippen molar-refractivity contribution in [3.63, 3.8) is 0 Å². The normalized spacial score (nSPS) is 11.4. The number of Topliss-reactive ketones (excluding diaryl/α,β-unsaturated/α-hetero) is 1. The molecule has 0 radical (unpaired) electrons. The van der Waals surface area contributed by atoms with E-state index in [9.17, 15) is 18.0 Å². The van der Waals surface area contributed by atoms with Gasteiger partial charge in [-0.2, -0.15) is 13.2 Å². The van der Waals surface area contributed by atoms with E-state index in [-0.39, 0.29) is 17.9 Å². The van der Waals surface area contributed by atoms with Gasteiger partial charge < -0.3 is 5.73 Å². The SMILES string of the molecule is Nc1cc(Cl)ccc1C(=O)Cc1ccc(C(F)(F)F)cc1. The summed E-state index contributed by atoms with van der Waals surface area (Å²) in [4.78, 5) is 12.1. The number of ketones is 1. The lowest BCUT2D eigenvalue weighted by atomic mass is 10.0. The van der Waals surface area contributed by atoms with E-state index in [1.165, 1.54) is 30.3 Å². The number of nitrogen functional groups attached to an aromatic ring is 1. The molecule has 0 spiro atoms. The molecule has 0 saturated carbocycles. The molecule has 0 aliphatic carbocycles. The van der Waals surface area contributed by atoms with Gasteiger partial charge in [0.1, 0.15) is 0 Å². The molecule has 2 aromatic rings. The molecular weight excluding hydrogens is 303 g/mol. The largest absolute Gasteiger partial charge is 0.416 e. The summed E-state index contributed by atoms with van der Waals surface area (Å²) < 4.78 is 37.3. The molecule has 0 aliphatic heterocycles. The highest BCUT2D eigenvalue weighted by Gasteiger charge is 2.30. The number of benzene rings is 2. The van der Waals surface area contributed by atoms with Crippen LogP contribution in [0.3, 0.4) is 0 Å². The molecule has 0 aromatic heterocycles. The summed E-state index contributed by atoms with van der Waals surface area (Å²) in [5, 5.41) is 0.415. The zero-order valence-corrected chi connectivity index (χ0v) is 11.5. The molecule has 2 N–H and O–H groups in total. The molecule has 2 nitrogen and oxygen atoms in total. The number of hydrogen-bond donors (Lipinski definition) is 1. The van der Waals surface area contributed by atoms with Gasteiger partial charge in [-0.15, -0.1) is 0 Å². The summed E-state index contributed by atoms with van der Waals surface area (Å²) in [6.07, 6.45) is -4.41. The number of hydrogen-bond acceptors (Lipinski definition) is 2. The van der Waals surface area contributed by atoms with Crippen LogP contribution in [-0.4, -0.2) is 5.78 Å². The van der Waals surface area contributed by atoms with Crippen LogP contribution in [0.1, 0.15) is 21.5 Å². The second-order valence-electron chi connectivity index (χ2n) is 4.53. The zero-order chi connectivity index (χ0) is 15.6. The molecule has 0 saturated heterocycles.